The SMILES string of the molecule is Fc1ccc(-n2ncc3nc(Br)ccc32)cc1. The number of benzene rings is 1. The van der Waals surface area contributed by atoms with Crippen molar-refractivity contribution in [2.75, 3.05) is 0 Å². The van der Waals surface area contributed by atoms with Gasteiger partial charge in [0.1, 0.15) is 15.9 Å². The first kappa shape index (κ1) is 10.4. The molecule has 17 heavy (non-hydrogen) atoms. The fourth-order valence-electron chi connectivity index (χ4n) is 1.68. The Labute approximate surface area is 105 Å². The van der Waals surface area contributed by atoms with Crippen molar-refractivity contribution in [3.63, 3.8) is 0 Å². The van der Waals surface area contributed by atoms with Crippen LogP contribution in [0.4, 0.5) is 4.39 Å². The van der Waals surface area contributed by atoms with E-state index in [0.29, 0.717) is 0 Å². The lowest BCUT2D eigenvalue weighted by Crippen LogP contribution is -1.95. The summed E-state index contributed by atoms with van der Waals surface area (Å²) < 4.78 is 15.3. The number of aromatic nitrogens is 3. The van der Waals surface area contributed by atoms with E-state index in [4.69, 9.17) is 0 Å². The molecule has 0 fully saturated rings. The number of pyridine rings is 1. The van der Waals surface area contributed by atoms with Gasteiger partial charge in [-0.3, -0.25) is 0 Å². The summed E-state index contributed by atoms with van der Waals surface area (Å²) in [6, 6.07) is 9.96. The smallest absolute Gasteiger partial charge is 0.123 e. The van der Waals surface area contributed by atoms with Gasteiger partial charge in [-0.1, -0.05) is 0 Å². The van der Waals surface area contributed by atoms with E-state index in [1.807, 2.05) is 12.1 Å². The largest absolute Gasteiger partial charge is 0.238 e. The van der Waals surface area contributed by atoms with Crippen molar-refractivity contribution in [2.24, 2.45) is 0 Å². The van der Waals surface area contributed by atoms with Gasteiger partial charge in [0.25, 0.3) is 0 Å². The molecular formula is C12H7BrFN3. The second-order valence-electron chi connectivity index (χ2n) is 3.57. The van der Waals surface area contributed by atoms with Crippen LogP contribution in [0, 0.1) is 5.82 Å². The van der Waals surface area contributed by atoms with Crippen LogP contribution in [0.15, 0.2) is 47.2 Å². The van der Waals surface area contributed by atoms with E-state index in [2.05, 4.69) is 26.0 Å². The molecule has 0 radical (unpaired) electrons. The summed E-state index contributed by atoms with van der Waals surface area (Å²) in [5.41, 5.74) is 2.49. The molecule has 0 saturated carbocycles. The molecule has 0 atom stereocenters. The maximum absolute atomic E-state index is 12.8. The van der Waals surface area contributed by atoms with Crippen LogP contribution in [-0.4, -0.2) is 14.8 Å². The minimum absolute atomic E-state index is 0.258. The average Bonchev–Trinajstić information content (AvgIpc) is 2.73. The molecule has 2 heterocycles. The van der Waals surface area contributed by atoms with Crippen LogP contribution >= 0.6 is 15.9 Å². The number of hydrogen-bond donors (Lipinski definition) is 0. The Kier molecular flexibility index (Phi) is 2.40. The second-order valence-corrected chi connectivity index (χ2v) is 4.38. The van der Waals surface area contributed by atoms with E-state index in [0.717, 1.165) is 21.3 Å². The zero-order chi connectivity index (χ0) is 11.8. The maximum Gasteiger partial charge on any atom is 0.123 e. The van der Waals surface area contributed by atoms with E-state index >= 15 is 0 Å². The Bertz CT molecular complexity index is 676. The predicted octanol–water partition coefficient (Wildman–Crippen LogP) is 3.32. The standard InChI is InChI=1S/C12H7BrFN3/c13-12-6-5-11-10(16-12)7-15-17(11)9-3-1-8(14)2-4-9/h1-7H. The highest BCUT2D eigenvalue weighted by molar-refractivity contribution is 9.10. The number of hydrogen-bond acceptors (Lipinski definition) is 2. The lowest BCUT2D eigenvalue weighted by Gasteiger charge is -2.02. The van der Waals surface area contributed by atoms with E-state index in [9.17, 15) is 4.39 Å². The minimum Gasteiger partial charge on any atom is -0.238 e. The molecule has 2 aromatic heterocycles. The van der Waals surface area contributed by atoms with Crippen molar-refractivity contribution in [1.82, 2.24) is 14.8 Å². The Balaban J connectivity index is 2.21. The molecule has 0 aliphatic rings. The predicted molar refractivity (Wildman–Crippen MR) is 66.5 cm³/mol. The van der Waals surface area contributed by atoms with Crippen LogP contribution in [0.1, 0.15) is 0 Å². The van der Waals surface area contributed by atoms with Crippen molar-refractivity contribution >= 4 is 27.0 Å². The summed E-state index contributed by atoms with van der Waals surface area (Å²) in [5.74, 6) is -0.258. The van der Waals surface area contributed by atoms with Crippen molar-refractivity contribution in [2.45, 2.75) is 0 Å². The first-order valence-electron chi connectivity index (χ1n) is 5.00. The third kappa shape index (κ3) is 1.82. The van der Waals surface area contributed by atoms with Gasteiger partial charge >= 0.3 is 0 Å². The Morgan fingerprint density at radius 2 is 1.82 bits per heavy atom. The number of fused-ring (bicyclic) bond motifs is 1. The van der Waals surface area contributed by atoms with Gasteiger partial charge in [-0.2, -0.15) is 5.10 Å². The molecule has 84 valence electrons. The fraction of sp³-hybridized carbons (Fsp3) is 0. The third-order valence-electron chi connectivity index (χ3n) is 2.46. The number of nitrogens with zero attached hydrogens (tertiary/aromatic N) is 3. The van der Waals surface area contributed by atoms with E-state index in [1.54, 1.807) is 23.0 Å². The molecule has 0 spiro atoms. The highest BCUT2D eigenvalue weighted by Crippen LogP contribution is 2.19. The summed E-state index contributed by atoms with van der Waals surface area (Å²) in [5, 5.41) is 4.25. The molecule has 0 N–H and O–H groups in total. The zero-order valence-electron chi connectivity index (χ0n) is 8.64. The molecule has 5 heteroatoms. The van der Waals surface area contributed by atoms with E-state index in [-0.39, 0.29) is 5.82 Å². The summed E-state index contributed by atoms with van der Waals surface area (Å²) in [7, 11) is 0. The molecular weight excluding hydrogens is 285 g/mol. The Morgan fingerprint density at radius 1 is 1.06 bits per heavy atom. The van der Waals surface area contributed by atoms with Gasteiger partial charge in [-0.25, -0.2) is 14.1 Å². The molecule has 1 aromatic carbocycles. The first-order valence-corrected chi connectivity index (χ1v) is 5.79. The van der Waals surface area contributed by atoms with Crippen LogP contribution in [0.5, 0.6) is 0 Å². The van der Waals surface area contributed by atoms with Gasteiger partial charge in [0.2, 0.25) is 0 Å². The molecule has 0 amide bonds. The van der Waals surface area contributed by atoms with Crippen LogP contribution in [0.3, 0.4) is 0 Å². The number of rotatable bonds is 1. The normalized spacial score (nSPS) is 10.9. The molecule has 0 unspecified atom stereocenters. The first-order chi connectivity index (χ1) is 8.24. The van der Waals surface area contributed by atoms with Gasteiger partial charge in [-0.15, -0.1) is 0 Å². The van der Waals surface area contributed by atoms with E-state index < -0.39 is 0 Å². The van der Waals surface area contributed by atoms with Crippen LogP contribution in [0.25, 0.3) is 16.7 Å². The van der Waals surface area contributed by atoms with Crippen LogP contribution in [0.2, 0.25) is 0 Å². The molecule has 0 saturated heterocycles. The molecule has 0 aliphatic heterocycles. The summed E-state index contributed by atoms with van der Waals surface area (Å²) in [4.78, 5) is 4.30. The Morgan fingerprint density at radius 3 is 2.59 bits per heavy atom. The molecule has 0 bridgehead atoms. The lowest BCUT2D eigenvalue weighted by atomic mass is 10.3. The van der Waals surface area contributed by atoms with Gasteiger partial charge in [0.15, 0.2) is 0 Å². The van der Waals surface area contributed by atoms with Crippen molar-refractivity contribution in [3.8, 4) is 5.69 Å². The average molecular weight is 292 g/mol. The zero-order valence-corrected chi connectivity index (χ0v) is 10.2. The molecule has 0 aliphatic carbocycles. The third-order valence-corrected chi connectivity index (χ3v) is 2.90. The van der Waals surface area contributed by atoms with Crippen molar-refractivity contribution < 1.29 is 4.39 Å². The fourth-order valence-corrected chi connectivity index (χ4v) is 2.00. The summed E-state index contributed by atoms with van der Waals surface area (Å²) >= 11 is 3.31. The van der Waals surface area contributed by atoms with Gasteiger partial charge in [-0.05, 0) is 52.3 Å². The summed E-state index contributed by atoms with van der Waals surface area (Å²) in [6.45, 7) is 0. The monoisotopic (exact) mass is 291 g/mol. The summed E-state index contributed by atoms with van der Waals surface area (Å²) in [6.07, 6.45) is 1.68. The van der Waals surface area contributed by atoms with Gasteiger partial charge in [0, 0.05) is 0 Å². The second kappa shape index (κ2) is 3.92. The molecule has 3 nitrogen and oxygen atoms in total. The van der Waals surface area contributed by atoms with Gasteiger partial charge in [0.05, 0.1) is 17.4 Å². The molecule has 3 rings (SSSR count). The van der Waals surface area contributed by atoms with E-state index in [1.165, 1.54) is 12.1 Å². The quantitative estimate of drug-likeness (QED) is 0.644. The van der Waals surface area contributed by atoms with Crippen LogP contribution in [-0.2, 0) is 0 Å². The number of halogens is 2. The van der Waals surface area contributed by atoms with Crippen molar-refractivity contribution in [1.29, 1.82) is 0 Å². The van der Waals surface area contributed by atoms with Gasteiger partial charge < -0.3 is 0 Å². The molecule has 3 aromatic rings. The minimum atomic E-state index is -0.258. The Hall–Kier alpha value is -1.75. The highest BCUT2D eigenvalue weighted by atomic mass is 79.9. The van der Waals surface area contributed by atoms with Crippen molar-refractivity contribution in [3.05, 3.63) is 53.0 Å². The topological polar surface area (TPSA) is 30.7 Å². The lowest BCUT2D eigenvalue weighted by molar-refractivity contribution is 0.627. The van der Waals surface area contributed by atoms with Crippen LogP contribution < -0.4 is 0 Å². The highest BCUT2D eigenvalue weighted by Gasteiger charge is 2.06. The maximum atomic E-state index is 12.8.